The van der Waals surface area contributed by atoms with Crippen molar-refractivity contribution in [2.75, 3.05) is 5.32 Å². The number of pyridine rings is 2. The summed E-state index contributed by atoms with van der Waals surface area (Å²) in [5.41, 5.74) is 2.51. The van der Waals surface area contributed by atoms with Crippen molar-refractivity contribution >= 4 is 45.0 Å². The summed E-state index contributed by atoms with van der Waals surface area (Å²) in [6, 6.07) is 9.05. The van der Waals surface area contributed by atoms with Crippen molar-refractivity contribution < 1.29 is 9.18 Å². The van der Waals surface area contributed by atoms with E-state index < -0.39 is 17.2 Å². The highest BCUT2D eigenvalue weighted by molar-refractivity contribution is 6.32. The summed E-state index contributed by atoms with van der Waals surface area (Å²) < 4.78 is 13.5. The SMILES string of the molecule is Cc1cc(NC(=O)c2c[nH]c3ccc(F)cc3c2=O)c2ccc(Cl)c(C)c2n1. The maximum absolute atomic E-state index is 13.5. The number of hydrogen-bond donors (Lipinski definition) is 2. The Morgan fingerprint density at radius 2 is 1.93 bits per heavy atom. The average molecular weight is 396 g/mol. The average Bonchev–Trinajstić information content (AvgIpc) is 2.65. The minimum absolute atomic E-state index is 0.105. The number of carbonyl (C=O) groups is 1. The van der Waals surface area contributed by atoms with Gasteiger partial charge in [0.15, 0.2) is 0 Å². The van der Waals surface area contributed by atoms with Gasteiger partial charge < -0.3 is 10.3 Å². The van der Waals surface area contributed by atoms with Gasteiger partial charge in [0.25, 0.3) is 5.91 Å². The minimum Gasteiger partial charge on any atom is -0.360 e. The molecule has 0 aliphatic heterocycles. The van der Waals surface area contributed by atoms with Gasteiger partial charge in [0.1, 0.15) is 11.4 Å². The van der Waals surface area contributed by atoms with Crippen molar-refractivity contribution in [2.45, 2.75) is 13.8 Å². The fraction of sp³-hybridized carbons (Fsp3) is 0.0952. The van der Waals surface area contributed by atoms with Crippen LogP contribution in [0.3, 0.4) is 0 Å². The molecule has 0 atom stereocenters. The van der Waals surface area contributed by atoms with Gasteiger partial charge in [-0.1, -0.05) is 11.6 Å². The summed E-state index contributed by atoms with van der Waals surface area (Å²) in [5.74, 6) is -1.13. The van der Waals surface area contributed by atoms with Crippen LogP contribution in [-0.4, -0.2) is 15.9 Å². The highest BCUT2D eigenvalue weighted by Crippen LogP contribution is 2.30. The monoisotopic (exact) mass is 395 g/mol. The number of aromatic amines is 1. The van der Waals surface area contributed by atoms with Gasteiger partial charge in [-0.05, 0) is 55.8 Å². The predicted octanol–water partition coefficient (Wildman–Crippen LogP) is 4.74. The number of anilines is 1. The van der Waals surface area contributed by atoms with Gasteiger partial charge in [-0.25, -0.2) is 4.39 Å². The normalized spacial score (nSPS) is 11.1. The molecule has 0 aliphatic carbocycles. The Bertz CT molecular complexity index is 1330. The van der Waals surface area contributed by atoms with Crippen molar-refractivity contribution in [3.05, 3.63) is 80.5 Å². The first-order valence-corrected chi connectivity index (χ1v) is 8.91. The summed E-state index contributed by atoms with van der Waals surface area (Å²) in [6.45, 7) is 3.66. The van der Waals surface area contributed by atoms with Crippen LogP contribution in [0.15, 0.2) is 47.4 Å². The van der Waals surface area contributed by atoms with Crippen molar-refractivity contribution in [3.63, 3.8) is 0 Å². The zero-order chi connectivity index (χ0) is 20.0. The quantitative estimate of drug-likeness (QED) is 0.515. The van der Waals surface area contributed by atoms with E-state index in [4.69, 9.17) is 11.6 Å². The van der Waals surface area contributed by atoms with Gasteiger partial charge >= 0.3 is 0 Å². The third-order valence-corrected chi connectivity index (χ3v) is 5.04. The van der Waals surface area contributed by atoms with Gasteiger partial charge in [-0.3, -0.25) is 14.6 Å². The molecular formula is C21H15ClFN3O2. The number of amides is 1. The van der Waals surface area contributed by atoms with Crippen LogP contribution in [0.1, 0.15) is 21.6 Å². The van der Waals surface area contributed by atoms with E-state index in [9.17, 15) is 14.0 Å². The topological polar surface area (TPSA) is 74.8 Å². The van der Waals surface area contributed by atoms with Gasteiger partial charge in [0.05, 0.1) is 11.2 Å². The van der Waals surface area contributed by atoms with Gasteiger partial charge in [0, 0.05) is 33.2 Å². The first kappa shape index (κ1) is 18.1. The predicted molar refractivity (Wildman–Crippen MR) is 109 cm³/mol. The highest BCUT2D eigenvalue weighted by Gasteiger charge is 2.16. The number of aryl methyl sites for hydroxylation is 2. The standard InChI is InChI=1S/C21H15ClFN3O2/c1-10-7-18(13-4-5-16(22)11(2)19(13)25-10)26-21(28)15-9-24-17-6-3-12(23)8-14(17)20(15)27/h3-9H,1-2H3,(H,24,27)(H,25,26,28). The second-order valence-corrected chi connectivity index (χ2v) is 6.96. The van der Waals surface area contributed by atoms with Crippen molar-refractivity contribution in [1.82, 2.24) is 9.97 Å². The smallest absolute Gasteiger partial charge is 0.261 e. The maximum atomic E-state index is 13.5. The Morgan fingerprint density at radius 1 is 1.14 bits per heavy atom. The number of nitrogens with zero attached hydrogens (tertiary/aromatic N) is 1. The van der Waals surface area contributed by atoms with Crippen LogP contribution in [0, 0.1) is 19.7 Å². The Kier molecular flexibility index (Phi) is 4.35. The molecule has 0 bridgehead atoms. The number of aromatic nitrogens is 2. The molecule has 1 amide bonds. The number of halogens is 2. The Morgan fingerprint density at radius 3 is 2.71 bits per heavy atom. The Labute approximate surface area is 164 Å². The molecule has 0 saturated heterocycles. The molecule has 2 heterocycles. The first-order chi connectivity index (χ1) is 13.3. The van der Waals surface area contributed by atoms with E-state index in [0.717, 1.165) is 11.6 Å². The number of nitrogens with one attached hydrogen (secondary N) is 2. The van der Waals surface area contributed by atoms with Gasteiger partial charge in [-0.15, -0.1) is 0 Å². The number of fused-ring (bicyclic) bond motifs is 2. The van der Waals surface area contributed by atoms with E-state index in [2.05, 4.69) is 15.3 Å². The van der Waals surface area contributed by atoms with Crippen molar-refractivity contribution in [3.8, 4) is 0 Å². The van der Waals surface area contributed by atoms with Crippen molar-refractivity contribution in [1.29, 1.82) is 0 Å². The largest absolute Gasteiger partial charge is 0.360 e. The van der Waals surface area contributed by atoms with Gasteiger partial charge in [0.2, 0.25) is 5.43 Å². The van der Waals surface area contributed by atoms with E-state index in [1.165, 1.54) is 18.3 Å². The van der Waals surface area contributed by atoms with Crippen molar-refractivity contribution in [2.24, 2.45) is 0 Å². The molecule has 0 spiro atoms. The van der Waals surface area contributed by atoms with Gasteiger partial charge in [-0.2, -0.15) is 0 Å². The van der Waals surface area contributed by atoms with Crippen LogP contribution >= 0.6 is 11.6 Å². The molecule has 0 fully saturated rings. The number of benzene rings is 2. The molecule has 4 rings (SSSR count). The lowest BCUT2D eigenvalue weighted by Crippen LogP contribution is -2.22. The second kappa shape index (κ2) is 6.73. The minimum atomic E-state index is -0.591. The molecule has 2 aromatic carbocycles. The zero-order valence-electron chi connectivity index (χ0n) is 15.1. The molecule has 140 valence electrons. The molecule has 7 heteroatoms. The molecule has 4 aromatic rings. The summed E-state index contributed by atoms with van der Waals surface area (Å²) >= 11 is 6.18. The number of carbonyl (C=O) groups excluding carboxylic acids is 1. The van der Waals surface area contributed by atoms with Crippen LogP contribution < -0.4 is 10.7 Å². The molecule has 0 unspecified atom stereocenters. The van der Waals surface area contributed by atoms with E-state index in [1.807, 2.05) is 6.92 Å². The van der Waals surface area contributed by atoms with E-state index in [-0.39, 0.29) is 10.9 Å². The summed E-state index contributed by atoms with van der Waals surface area (Å²) in [5, 5.41) is 4.18. The third kappa shape index (κ3) is 3.01. The van der Waals surface area contributed by atoms with Crippen LogP contribution in [0.2, 0.25) is 5.02 Å². The summed E-state index contributed by atoms with van der Waals surface area (Å²) in [4.78, 5) is 32.8. The number of hydrogen-bond acceptors (Lipinski definition) is 3. The van der Waals surface area contributed by atoms with E-state index in [1.54, 1.807) is 25.1 Å². The number of H-pyrrole nitrogens is 1. The molecule has 0 aliphatic rings. The maximum Gasteiger partial charge on any atom is 0.261 e. The van der Waals surface area contributed by atoms with Crippen LogP contribution in [0.5, 0.6) is 0 Å². The molecule has 2 N–H and O–H groups in total. The van der Waals surface area contributed by atoms with Crippen LogP contribution in [-0.2, 0) is 0 Å². The molecule has 2 aromatic heterocycles. The second-order valence-electron chi connectivity index (χ2n) is 6.56. The first-order valence-electron chi connectivity index (χ1n) is 8.54. The van der Waals surface area contributed by atoms with Crippen LogP contribution in [0.25, 0.3) is 21.8 Å². The fourth-order valence-corrected chi connectivity index (χ4v) is 3.34. The lowest BCUT2D eigenvalue weighted by atomic mass is 10.1. The molecular weight excluding hydrogens is 381 g/mol. The fourth-order valence-electron chi connectivity index (χ4n) is 3.18. The summed E-state index contributed by atoms with van der Waals surface area (Å²) in [7, 11) is 0. The Hall–Kier alpha value is -3.25. The highest BCUT2D eigenvalue weighted by atomic mass is 35.5. The molecule has 0 saturated carbocycles. The van der Waals surface area contributed by atoms with E-state index in [0.29, 0.717) is 32.8 Å². The van der Waals surface area contributed by atoms with E-state index >= 15 is 0 Å². The molecule has 5 nitrogen and oxygen atoms in total. The molecule has 0 radical (unpaired) electrons. The van der Waals surface area contributed by atoms with Crippen LogP contribution in [0.4, 0.5) is 10.1 Å². The third-order valence-electron chi connectivity index (χ3n) is 4.63. The zero-order valence-corrected chi connectivity index (χ0v) is 15.8. The lowest BCUT2D eigenvalue weighted by molar-refractivity contribution is 0.102. The Balaban J connectivity index is 1.81. The summed E-state index contributed by atoms with van der Waals surface area (Å²) in [6.07, 6.45) is 1.33. The number of rotatable bonds is 2. The molecule has 28 heavy (non-hydrogen) atoms. The lowest BCUT2D eigenvalue weighted by Gasteiger charge is -2.12.